The molecule has 164 valence electrons. The number of hydrogen-bond donors (Lipinski definition) is 2. The molecule has 3 rings (SSSR count). The molecule has 31 heavy (non-hydrogen) atoms. The molecule has 0 aliphatic carbocycles. The molecule has 2 aromatic carbocycles. The minimum absolute atomic E-state index is 0.0244. The van der Waals surface area contributed by atoms with Crippen molar-refractivity contribution >= 4 is 43.4 Å². The van der Waals surface area contributed by atoms with Crippen molar-refractivity contribution in [3.8, 4) is 5.75 Å². The molecule has 0 spiro atoms. The van der Waals surface area contributed by atoms with Gasteiger partial charge in [-0.05, 0) is 75.2 Å². The molecule has 0 saturated carbocycles. The summed E-state index contributed by atoms with van der Waals surface area (Å²) in [7, 11) is -3.85. The molecule has 0 unspecified atom stereocenters. The van der Waals surface area contributed by atoms with Gasteiger partial charge in [0.2, 0.25) is 5.88 Å². The van der Waals surface area contributed by atoms with E-state index in [0.29, 0.717) is 22.7 Å². The van der Waals surface area contributed by atoms with Crippen molar-refractivity contribution in [2.24, 2.45) is 0 Å². The first-order chi connectivity index (χ1) is 14.6. The number of anilines is 2. The predicted molar refractivity (Wildman–Crippen MR) is 121 cm³/mol. The third kappa shape index (κ3) is 5.45. The lowest BCUT2D eigenvalue weighted by atomic mass is 10.1. The third-order valence-corrected chi connectivity index (χ3v) is 6.41. The Kier molecular flexibility index (Phi) is 6.71. The number of hydrogen-bond acceptors (Lipinski definition) is 6. The van der Waals surface area contributed by atoms with E-state index in [4.69, 9.17) is 9.26 Å². The molecule has 0 aliphatic rings. The maximum absolute atomic E-state index is 12.5. The van der Waals surface area contributed by atoms with E-state index in [9.17, 15) is 13.2 Å². The maximum Gasteiger partial charge on any atom is 0.264 e. The van der Waals surface area contributed by atoms with Crippen LogP contribution in [-0.4, -0.2) is 26.1 Å². The molecule has 8 nitrogen and oxygen atoms in total. The van der Waals surface area contributed by atoms with E-state index in [-0.39, 0.29) is 23.3 Å². The van der Waals surface area contributed by atoms with Crippen molar-refractivity contribution in [1.82, 2.24) is 5.16 Å². The Morgan fingerprint density at radius 1 is 1.10 bits per heavy atom. The standard InChI is InChI=1S/C21H22BrN3O5S/c1-12-9-16(22)10-13(2)20(12)29-11-19(26)23-17-5-7-18(8-6-17)31(27,28)25-21-14(3)15(4)24-30-21/h5-10,25H,11H2,1-4H3,(H,23,26). The van der Waals surface area contributed by atoms with Crippen LogP contribution < -0.4 is 14.8 Å². The van der Waals surface area contributed by atoms with Crippen LogP contribution in [0.4, 0.5) is 11.6 Å². The summed E-state index contributed by atoms with van der Waals surface area (Å²) in [4.78, 5) is 12.3. The topological polar surface area (TPSA) is 111 Å². The Morgan fingerprint density at radius 3 is 2.26 bits per heavy atom. The Hall–Kier alpha value is -2.85. The zero-order valence-electron chi connectivity index (χ0n) is 17.4. The van der Waals surface area contributed by atoms with E-state index in [1.807, 2.05) is 26.0 Å². The molecular formula is C21H22BrN3O5S. The van der Waals surface area contributed by atoms with Gasteiger partial charge < -0.3 is 14.6 Å². The number of halogens is 1. The van der Waals surface area contributed by atoms with Crippen molar-refractivity contribution in [3.05, 3.63) is 63.3 Å². The van der Waals surface area contributed by atoms with Crippen molar-refractivity contribution in [2.45, 2.75) is 32.6 Å². The Labute approximate surface area is 189 Å². The van der Waals surface area contributed by atoms with Gasteiger partial charge in [-0.15, -0.1) is 0 Å². The minimum Gasteiger partial charge on any atom is -0.483 e. The van der Waals surface area contributed by atoms with Crippen molar-refractivity contribution < 1.29 is 22.5 Å². The molecule has 0 aliphatic heterocycles. The monoisotopic (exact) mass is 507 g/mol. The number of rotatable bonds is 7. The van der Waals surface area contributed by atoms with Crippen LogP contribution in [0.5, 0.6) is 5.75 Å². The van der Waals surface area contributed by atoms with E-state index < -0.39 is 10.0 Å². The molecule has 10 heteroatoms. The summed E-state index contributed by atoms with van der Waals surface area (Å²) in [6.45, 7) is 7.06. The Morgan fingerprint density at radius 2 is 1.71 bits per heavy atom. The molecule has 0 radical (unpaired) electrons. The highest BCUT2D eigenvalue weighted by Gasteiger charge is 2.19. The highest BCUT2D eigenvalue weighted by atomic mass is 79.9. The van der Waals surface area contributed by atoms with Crippen LogP contribution in [0.2, 0.25) is 0 Å². The second-order valence-corrected chi connectivity index (χ2v) is 9.66. The van der Waals surface area contributed by atoms with Gasteiger partial charge in [-0.2, -0.15) is 0 Å². The van der Waals surface area contributed by atoms with Crippen LogP contribution in [0.25, 0.3) is 0 Å². The molecule has 0 atom stereocenters. The smallest absolute Gasteiger partial charge is 0.264 e. The van der Waals surface area contributed by atoms with Crippen LogP contribution in [0.15, 0.2) is 50.3 Å². The van der Waals surface area contributed by atoms with Crippen LogP contribution in [-0.2, 0) is 14.8 Å². The number of nitrogens with zero attached hydrogens (tertiary/aromatic N) is 1. The molecular weight excluding hydrogens is 486 g/mol. The van der Waals surface area contributed by atoms with E-state index in [1.165, 1.54) is 24.3 Å². The number of carbonyl (C=O) groups is 1. The first kappa shape index (κ1) is 22.8. The van der Waals surface area contributed by atoms with Gasteiger partial charge in [-0.1, -0.05) is 21.1 Å². The quantitative estimate of drug-likeness (QED) is 0.487. The number of amides is 1. The number of nitrogens with one attached hydrogen (secondary N) is 2. The second-order valence-electron chi connectivity index (χ2n) is 7.06. The van der Waals surface area contributed by atoms with Crippen LogP contribution in [0.1, 0.15) is 22.4 Å². The van der Waals surface area contributed by atoms with Crippen molar-refractivity contribution in [3.63, 3.8) is 0 Å². The first-order valence-corrected chi connectivity index (χ1v) is 11.6. The van der Waals surface area contributed by atoms with E-state index in [0.717, 1.165) is 15.6 Å². The zero-order valence-corrected chi connectivity index (χ0v) is 19.8. The highest BCUT2D eigenvalue weighted by molar-refractivity contribution is 9.10. The fourth-order valence-electron chi connectivity index (χ4n) is 2.87. The predicted octanol–water partition coefficient (Wildman–Crippen LogP) is 4.49. The van der Waals surface area contributed by atoms with Gasteiger partial charge in [0.15, 0.2) is 6.61 Å². The fourth-order valence-corrected chi connectivity index (χ4v) is 4.60. The van der Waals surface area contributed by atoms with Crippen molar-refractivity contribution in [2.75, 3.05) is 16.6 Å². The number of sulfonamides is 1. The summed E-state index contributed by atoms with van der Waals surface area (Å²) in [5.74, 6) is 0.373. The van der Waals surface area contributed by atoms with Crippen molar-refractivity contribution in [1.29, 1.82) is 0 Å². The van der Waals surface area contributed by atoms with Gasteiger partial charge in [0.05, 0.1) is 10.6 Å². The summed E-state index contributed by atoms with van der Waals surface area (Å²) in [6.07, 6.45) is 0. The lowest BCUT2D eigenvalue weighted by molar-refractivity contribution is -0.118. The molecule has 0 bridgehead atoms. The number of carbonyl (C=O) groups excluding carboxylic acids is 1. The maximum atomic E-state index is 12.5. The largest absolute Gasteiger partial charge is 0.483 e. The Balaban J connectivity index is 1.62. The summed E-state index contributed by atoms with van der Waals surface area (Å²) >= 11 is 3.42. The van der Waals surface area contributed by atoms with E-state index in [1.54, 1.807) is 13.8 Å². The van der Waals surface area contributed by atoms with Gasteiger partial charge in [-0.25, -0.2) is 13.1 Å². The zero-order chi connectivity index (χ0) is 22.8. The molecule has 2 N–H and O–H groups in total. The lowest BCUT2D eigenvalue weighted by Gasteiger charge is -2.13. The van der Waals surface area contributed by atoms with Gasteiger partial charge in [-0.3, -0.25) is 4.79 Å². The number of ether oxygens (including phenoxy) is 1. The van der Waals surface area contributed by atoms with Gasteiger partial charge >= 0.3 is 0 Å². The molecule has 1 heterocycles. The van der Waals surface area contributed by atoms with E-state index in [2.05, 4.69) is 31.1 Å². The second kappa shape index (κ2) is 9.11. The average Bonchev–Trinajstić information content (AvgIpc) is 2.99. The lowest BCUT2D eigenvalue weighted by Crippen LogP contribution is -2.21. The molecule has 0 saturated heterocycles. The molecule has 3 aromatic rings. The number of benzene rings is 2. The van der Waals surface area contributed by atoms with Crippen LogP contribution >= 0.6 is 15.9 Å². The fraction of sp³-hybridized carbons (Fsp3) is 0.238. The summed E-state index contributed by atoms with van der Waals surface area (Å²) in [6, 6.07) is 9.60. The first-order valence-electron chi connectivity index (χ1n) is 9.32. The number of aromatic nitrogens is 1. The highest BCUT2D eigenvalue weighted by Crippen LogP contribution is 2.27. The Bertz CT molecular complexity index is 1200. The minimum atomic E-state index is -3.85. The van der Waals surface area contributed by atoms with Gasteiger partial charge in [0.1, 0.15) is 5.75 Å². The normalized spacial score (nSPS) is 11.3. The van der Waals surface area contributed by atoms with Gasteiger partial charge in [0.25, 0.3) is 15.9 Å². The summed E-state index contributed by atoms with van der Waals surface area (Å²) in [5, 5.41) is 6.42. The van der Waals surface area contributed by atoms with Crippen LogP contribution in [0.3, 0.4) is 0 Å². The summed E-state index contributed by atoms with van der Waals surface area (Å²) in [5.41, 5.74) is 3.50. The number of aryl methyl sites for hydroxylation is 3. The average molecular weight is 508 g/mol. The third-order valence-electron chi connectivity index (χ3n) is 4.61. The SMILES string of the molecule is Cc1cc(Br)cc(C)c1OCC(=O)Nc1ccc(S(=O)(=O)Nc2onc(C)c2C)cc1. The molecule has 1 aromatic heterocycles. The summed E-state index contributed by atoms with van der Waals surface area (Å²) < 4.78 is 39.0. The molecule has 0 fully saturated rings. The van der Waals surface area contributed by atoms with Gasteiger partial charge in [0, 0.05) is 15.7 Å². The van der Waals surface area contributed by atoms with Crippen LogP contribution in [0, 0.1) is 27.7 Å². The molecule has 1 amide bonds. The van der Waals surface area contributed by atoms with E-state index >= 15 is 0 Å².